The molecular formula is C24H18Br3N3O4. The van der Waals surface area contributed by atoms with Crippen molar-refractivity contribution in [2.45, 2.75) is 13.5 Å². The van der Waals surface area contributed by atoms with E-state index in [-0.39, 0.29) is 0 Å². The van der Waals surface area contributed by atoms with Gasteiger partial charge in [-0.1, -0.05) is 50.1 Å². The number of rotatable bonds is 7. The largest absolute Gasteiger partial charge is 0.490 e. The molecule has 0 aliphatic carbocycles. The Balaban J connectivity index is 1.65. The van der Waals surface area contributed by atoms with Crippen LogP contribution in [0.1, 0.15) is 18.1 Å². The Morgan fingerprint density at radius 2 is 1.74 bits per heavy atom. The first-order valence-electron chi connectivity index (χ1n) is 10.2. The van der Waals surface area contributed by atoms with Gasteiger partial charge in [-0.15, -0.1) is 4.68 Å². The van der Waals surface area contributed by atoms with Crippen molar-refractivity contribution < 1.29 is 9.47 Å². The fourth-order valence-corrected chi connectivity index (χ4v) is 4.79. The molecule has 0 aliphatic rings. The van der Waals surface area contributed by atoms with E-state index >= 15 is 0 Å². The molecule has 7 nitrogen and oxygen atoms in total. The molecule has 0 spiro atoms. The lowest BCUT2D eigenvalue weighted by atomic mass is 10.2. The Kier molecular flexibility index (Phi) is 7.70. The van der Waals surface area contributed by atoms with Crippen LogP contribution in [0, 0.1) is 0 Å². The van der Waals surface area contributed by atoms with Gasteiger partial charge < -0.3 is 14.5 Å². The molecule has 4 aromatic rings. The van der Waals surface area contributed by atoms with E-state index in [9.17, 15) is 9.59 Å². The highest BCUT2D eigenvalue weighted by Crippen LogP contribution is 2.34. The Morgan fingerprint density at radius 3 is 2.50 bits per heavy atom. The maximum absolute atomic E-state index is 12.7. The first-order chi connectivity index (χ1) is 16.4. The third-order valence-electron chi connectivity index (χ3n) is 4.86. The van der Waals surface area contributed by atoms with E-state index in [1.807, 2.05) is 25.1 Å². The van der Waals surface area contributed by atoms with Crippen LogP contribution in [-0.2, 0) is 6.61 Å². The summed E-state index contributed by atoms with van der Waals surface area (Å²) in [7, 11) is 0. The van der Waals surface area contributed by atoms with Crippen LogP contribution >= 0.6 is 47.8 Å². The van der Waals surface area contributed by atoms with Gasteiger partial charge in [-0.25, -0.2) is 4.79 Å². The zero-order valence-corrected chi connectivity index (χ0v) is 22.6. The summed E-state index contributed by atoms with van der Waals surface area (Å²) in [6.45, 7) is 2.63. The van der Waals surface area contributed by atoms with Crippen molar-refractivity contribution in [3.8, 4) is 11.5 Å². The van der Waals surface area contributed by atoms with E-state index in [0.29, 0.717) is 45.7 Å². The average Bonchev–Trinajstić information content (AvgIpc) is 2.80. The lowest BCUT2D eigenvalue weighted by Crippen LogP contribution is -2.32. The number of benzene rings is 3. The van der Waals surface area contributed by atoms with Crippen LogP contribution in [0.15, 0.2) is 82.7 Å². The van der Waals surface area contributed by atoms with E-state index in [0.717, 1.165) is 19.2 Å². The molecular weight excluding hydrogens is 634 g/mol. The number of H-pyrrole nitrogens is 1. The monoisotopic (exact) mass is 649 g/mol. The van der Waals surface area contributed by atoms with E-state index in [1.54, 1.807) is 36.4 Å². The molecule has 0 atom stereocenters. The highest BCUT2D eigenvalue weighted by atomic mass is 79.9. The Labute approximate surface area is 219 Å². The third-order valence-corrected chi connectivity index (χ3v) is 6.78. The number of nitrogens with one attached hydrogen (secondary N) is 1. The number of fused-ring (bicyclic) bond motifs is 1. The Morgan fingerprint density at radius 1 is 0.971 bits per heavy atom. The maximum atomic E-state index is 12.7. The molecule has 0 fully saturated rings. The predicted octanol–water partition coefficient (Wildman–Crippen LogP) is 5.84. The molecule has 10 heteroatoms. The summed E-state index contributed by atoms with van der Waals surface area (Å²) in [5.74, 6) is 1.06. The van der Waals surface area contributed by atoms with Crippen LogP contribution < -0.4 is 20.7 Å². The standard InChI is InChI=1S/C24H18Br3N3O4/c1-2-33-21-9-15(12-28-30-23(31)17-5-3-4-6-20(17)29-24(30)32)19(27)11-22(21)34-13-14-7-8-16(25)10-18(14)26/h3-12H,2,13H2,1H3,(H,29,32). The van der Waals surface area contributed by atoms with Gasteiger partial charge in [0.05, 0.1) is 23.7 Å². The van der Waals surface area contributed by atoms with Crippen molar-refractivity contribution in [2.24, 2.45) is 5.10 Å². The molecule has 1 aromatic heterocycles. The predicted molar refractivity (Wildman–Crippen MR) is 143 cm³/mol. The molecule has 0 saturated heterocycles. The summed E-state index contributed by atoms with van der Waals surface area (Å²) in [6.07, 6.45) is 1.42. The van der Waals surface area contributed by atoms with Crippen LogP contribution in [-0.4, -0.2) is 22.5 Å². The van der Waals surface area contributed by atoms with Gasteiger partial charge in [0.2, 0.25) is 0 Å². The molecule has 0 radical (unpaired) electrons. The molecule has 0 bridgehead atoms. The zero-order chi connectivity index (χ0) is 24.2. The number of para-hydroxylation sites is 1. The number of aromatic amines is 1. The highest BCUT2D eigenvalue weighted by Gasteiger charge is 2.12. The minimum atomic E-state index is -0.624. The molecule has 0 saturated carbocycles. The van der Waals surface area contributed by atoms with Gasteiger partial charge in [0.15, 0.2) is 11.5 Å². The van der Waals surface area contributed by atoms with Crippen LogP contribution in [0.25, 0.3) is 10.9 Å². The molecule has 4 rings (SSSR count). The van der Waals surface area contributed by atoms with Crippen molar-refractivity contribution in [1.82, 2.24) is 9.66 Å². The maximum Gasteiger partial charge on any atom is 0.349 e. The lowest BCUT2D eigenvalue weighted by molar-refractivity contribution is 0.268. The normalized spacial score (nSPS) is 11.3. The molecule has 0 aliphatic heterocycles. The van der Waals surface area contributed by atoms with Crippen molar-refractivity contribution >= 4 is 64.9 Å². The van der Waals surface area contributed by atoms with E-state index in [2.05, 4.69) is 57.9 Å². The van der Waals surface area contributed by atoms with Crippen LogP contribution in [0.4, 0.5) is 0 Å². The van der Waals surface area contributed by atoms with Gasteiger partial charge in [0.1, 0.15) is 6.61 Å². The first kappa shape index (κ1) is 24.4. The van der Waals surface area contributed by atoms with Gasteiger partial charge >= 0.3 is 5.69 Å². The van der Waals surface area contributed by atoms with Crippen molar-refractivity contribution in [3.05, 3.63) is 100.0 Å². The van der Waals surface area contributed by atoms with E-state index in [1.165, 1.54) is 6.21 Å². The molecule has 174 valence electrons. The lowest BCUT2D eigenvalue weighted by Gasteiger charge is -2.14. The van der Waals surface area contributed by atoms with E-state index < -0.39 is 11.2 Å². The molecule has 0 amide bonds. The van der Waals surface area contributed by atoms with Gasteiger partial charge in [-0.05, 0) is 59.3 Å². The minimum absolute atomic E-state index is 0.329. The van der Waals surface area contributed by atoms with Crippen LogP contribution in [0.3, 0.4) is 0 Å². The molecule has 1 heterocycles. The Bertz CT molecular complexity index is 1510. The number of ether oxygens (including phenoxy) is 2. The fraction of sp³-hybridized carbons (Fsp3) is 0.125. The van der Waals surface area contributed by atoms with Crippen molar-refractivity contribution in [1.29, 1.82) is 0 Å². The molecule has 0 unspecified atom stereocenters. The number of hydrogen-bond acceptors (Lipinski definition) is 5. The van der Waals surface area contributed by atoms with Crippen molar-refractivity contribution in [2.75, 3.05) is 6.61 Å². The summed E-state index contributed by atoms with van der Waals surface area (Å²) < 4.78 is 15.1. The highest BCUT2D eigenvalue weighted by molar-refractivity contribution is 9.11. The van der Waals surface area contributed by atoms with Crippen LogP contribution in [0.5, 0.6) is 11.5 Å². The van der Waals surface area contributed by atoms with E-state index in [4.69, 9.17) is 9.47 Å². The molecule has 1 N–H and O–H groups in total. The minimum Gasteiger partial charge on any atom is -0.490 e. The summed E-state index contributed by atoms with van der Waals surface area (Å²) in [5, 5.41) is 4.50. The summed E-state index contributed by atoms with van der Waals surface area (Å²) in [5.41, 5.74) is 0.919. The first-order valence-corrected chi connectivity index (χ1v) is 12.6. The summed E-state index contributed by atoms with van der Waals surface area (Å²) >= 11 is 10.5. The van der Waals surface area contributed by atoms with Crippen molar-refractivity contribution in [3.63, 3.8) is 0 Å². The Hall–Kier alpha value is -2.69. The second kappa shape index (κ2) is 10.7. The van der Waals surface area contributed by atoms with Crippen LogP contribution in [0.2, 0.25) is 0 Å². The fourth-order valence-electron chi connectivity index (χ4n) is 3.20. The molecule has 34 heavy (non-hydrogen) atoms. The van der Waals surface area contributed by atoms with Gasteiger partial charge in [0, 0.05) is 24.5 Å². The third kappa shape index (κ3) is 5.34. The van der Waals surface area contributed by atoms with Gasteiger partial charge in [-0.2, -0.15) is 5.10 Å². The number of nitrogens with zero attached hydrogens (tertiary/aromatic N) is 2. The topological polar surface area (TPSA) is 85.7 Å². The number of halogens is 3. The summed E-state index contributed by atoms with van der Waals surface area (Å²) in [4.78, 5) is 27.8. The quantitative estimate of drug-likeness (QED) is 0.255. The smallest absolute Gasteiger partial charge is 0.349 e. The average molecular weight is 652 g/mol. The second-order valence-corrected chi connectivity index (χ2v) is 9.74. The summed E-state index contributed by atoms with van der Waals surface area (Å²) in [6, 6.07) is 16.1. The number of aromatic nitrogens is 2. The van der Waals surface area contributed by atoms with Gasteiger partial charge in [-0.3, -0.25) is 4.79 Å². The molecule has 3 aromatic carbocycles. The number of hydrogen-bond donors (Lipinski definition) is 1. The zero-order valence-electron chi connectivity index (χ0n) is 17.8. The van der Waals surface area contributed by atoms with Gasteiger partial charge in [0.25, 0.3) is 5.56 Å². The second-order valence-electron chi connectivity index (χ2n) is 7.12. The SMILES string of the molecule is CCOc1cc(C=Nn2c(=O)[nH]c3ccccc3c2=O)c(Br)cc1OCc1ccc(Br)cc1Br.